The zero-order valence-electron chi connectivity index (χ0n) is 13.1. The second-order valence-corrected chi connectivity index (χ2v) is 5.97. The van der Waals surface area contributed by atoms with Gasteiger partial charge in [0.15, 0.2) is 0 Å². The third-order valence-electron chi connectivity index (χ3n) is 3.42. The second-order valence-electron chi connectivity index (χ2n) is 5.05. The van der Waals surface area contributed by atoms with Crippen LogP contribution in [0.5, 0.6) is 5.75 Å². The average Bonchev–Trinajstić information content (AvgIpc) is 3.08. The first-order valence-corrected chi connectivity index (χ1v) is 8.22. The Labute approximate surface area is 146 Å². The van der Waals surface area contributed by atoms with E-state index in [0.717, 1.165) is 17.8 Å². The maximum atomic E-state index is 13.0. The number of nitrogens with zero attached hydrogens (tertiary/aromatic N) is 2. The predicted molar refractivity (Wildman–Crippen MR) is 87.3 cm³/mol. The molecule has 4 nitrogen and oxygen atoms in total. The molecule has 0 saturated carbocycles. The van der Waals surface area contributed by atoms with E-state index in [-0.39, 0.29) is 16.5 Å². The van der Waals surface area contributed by atoms with E-state index in [1.807, 2.05) is 0 Å². The van der Waals surface area contributed by atoms with Gasteiger partial charge in [0.05, 0.1) is 12.7 Å². The minimum absolute atomic E-state index is 0.0833. The Balaban J connectivity index is 1.72. The summed E-state index contributed by atoms with van der Waals surface area (Å²) in [7, 11) is 1.56. The number of thioether (sulfide) groups is 1. The highest BCUT2D eigenvalue weighted by Gasteiger charge is 2.32. The summed E-state index contributed by atoms with van der Waals surface area (Å²) in [6.45, 7) is 0. The number of rotatable bonds is 5. The molecule has 0 amide bonds. The maximum Gasteiger partial charge on any atom is 0.416 e. The molecule has 3 aromatic rings. The molecule has 0 saturated heterocycles. The second kappa shape index (κ2) is 7.18. The van der Waals surface area contributed by atoms with Crippen molar-refractivity contribution < 1.29 is 22.3 Å². The molecule has 0 aliphatic carbocycles. The van der Waals surface area contributed by atoms with Crippen LogP contribution in [0.3, 0.4) is 0 Å². The summed E-state index contributed by atoms with van der Waals surface area (Å²) in [5.41, 5.74) is 0.220. The molecule has 0 bridgehead atoms. The van der Waals surface area contributed by atoms with Gasteiger partial charge in [-0.2, -0.15) is 13.2 Å². The van der Waals surface area contributed by atoms with Crippen molar-refractivity contribution in [3.05, 3.63) is 59.7 Å². The third kappa shape index (κ3) is 4.14. The van der Waals surface area contributed by atoms with Gasteiger partial charge in [0.2, 0.25) is 5.89 Å². The number of ether oxygens (including phenoxy) is 1. The molecule has 0 N–H and O–H groups in total. The van der Waals surface area contributed by atoms with Crippen LogP contribution >= 0.6 is 11.8 Å². The minimum Gasteiger partial charge on any atom is -0.497 e. The lowest BCUT2D eigenvalue weighted by molar-refractivity contribution is -0.138. The van der Waals surface area contributed by atoms with Crippen LogP contribution in [-0.4, -0.2) is 17.3 Å². The van der Waals surface area contributed by atoms with E-state index in [4.69, 9.17) is 9.15 Å². The molecular formula is C17H13F3N2O2S. The quantitative estimate of drug-likeness (QED) is 0.591. The van der Waals surface area contributed by atoms with Crippen LogP contribution in [0, 0.1) is 0 Å². The van der Waals surface area contributed by atoms with Gasteiger partial charge in [-0.3, -0.25) is 0 Å². The van der Waals surface area contributed by atoms with E-state index < -0.39 is 11.7 Å². The van der Waals surface area contributed by atoms with E-state index in [9.17, 15) is 13.2 Å². The predicted octanol–water partition coefficient (Wildman–Crippen LogP) is 5.06. The molecule has 0 atom stereocenters. The van der Waals surface area contributed by atoms with Crippen LogP contribution in [0.2, 0.25) is 0 Å². The van der Waals surface area contributed by atoms with Crippen LogP contribution in [0.1, 0.15) is 11.1 Å². The van der Waals surface area contributed by atoms with Gasteiger partial charge in [0, 0.05) is 11.3 Å². The Morgan fingerprint density at radius 2 is 1.76 bits per heavy atom. The number of halogens is 3. The maximum absolute atomic E-state index is 13.0. The smallest absolute Gasteiger partial charge is 0.416 e. The van der Waals surface area contributed by atoms with Crippen molar-refractivity contribution in [2.24, 2.45) is 0 Å². The molecule has 0 unspecified atom stereocenters. The van der Waals surface area contributed by atoms with Crippen molar-refractivity contribution in [2.75, 3.05) is 7.11 Å². The van der Waals surface area contributed by atoms with Crippen molar-refractivity contribution >= 4 is 11.8 Å². The summed E-state index contributed by atoms with van der Waals surface area (Å²) in [6.07, 6.45) is -4.39. The normalized spacial score (nSPS) is 11.5. The topological polar surface area (TPSA) is 48.2 Å². The van der Waals surface area contributed by atoms with Crippen LogP contribution in [0.4, 0.5) is 13.2 Å². The highest BCUT2D eigenvalue weighted by molar-refractivity contribution is 7.98. The standard InChI is InChI=1S/C17H13F3N2O2S/c1-23-13-8-6-11(7-9-13)15-21-22-16(24-15)25-10-12-4-2-3-5-14(12)17(18,19)20/h2-9H,10H2,1H3. The van der Waals surface area contributed by atoms with Gasteiger partial charge in [-0.15, -0.1) is 10.2 Å². The molecule has 1 heterocycles. The van der Waals surface area contributed by atoms with Crippen LogP contribution < -0.4 is 4.74 Å². The molecular weight excluding hydrogens is 353 g/mol. The first-order valence-electron chi connectivity index (χ1n) is 7.23. The van der Waals surface area contributed by atoms with Crippen LogP contribution in [-0.2, 0) is 11.9 Å². The molecule has 0 fully saturated rings. The van der Waals surface area contributed by atoms with Crippen LogP contribution in [0.25, 0.3) is 11.5 Å². The summed E-state index contributed by atoms with van der Waals surface area (Å²) < 4.78 is 49.6. The lowest BCUT2D eigenvalue weighted by Gasteiger charge is -2.11. The Kier molecular flexibility index (Phi) is 4.98. The first kappa shape index (κ1) is 17.3. The number of hydrogen-bond donors (Lipinski definition) is 0. The summed E-state index contributed by atoms with van der Waals surface area (Å²) in [6, 6.07) is 12.5. The molecule has 0 spiro atoms. The number of hydrogen-bond acceptors (Lipinski definition) is 5. The van der Waals surface area contributed by atoms with Crippen molar-refractivity contribution in [1.82, 2.24) is 10.2 Å². The highest BCUT2D eigenvalue weighted by atomic mass is 32.2. The van der Waals surface area contributed by atoms with Gasteiger partial charge in [-0.1, -0.05) is 30.0 Å². The number of alkyl halides is 3. The number of methoxy groups -OCH3 is 1. The molecule has 0 radical (unpaired) electrons. The molecule has 1 aromatic heterocycles. The monoisotopic (exact) mass is 366 g/mol. The van der Waals surface area contributed by atoms with Crippen molar-refractivity contribution in [3.63, 3.8) is 0 Å². The van der Waals surface area contributed by atoms with Crippen molar-refractivity contribution in [3.8, 4) is 17.2 Å². The molecule has 2 aromatic carbocycles. The Bertz CT molecular complexity index is 848. The van der Waals surface area contributed by atoms with E-state index in [0.29, 0.717) is 17.2 Å². The Morgan fingerprint density at radius 3 is 2.44 bits per heavy atom. The molecule has 0 aliphatic heterocycles. The zero-order chi connectivity index (χ0) is 17.9. The number of benzene rings is 2. The van der Waals surface area contributed by atoms with Crippen LogP contribution in [0.15, 0.2) is 58.2 Å². The lowest BCUT2D eigenvalue weighted by Crippen LogP contribution is -2.08. The van der Waals surface area contributed by atoms with E-state index in [1.54, 1.807) is 37.4 Å². The summed E-state index contributed by atoms with van der Waals surface area (Å²) >= 11 is 1.06. The average molecular weight is 366 g/mol. The molecule has 8 heteroatoms. The molecule has 3 rings (SSSR count). The number of aromatic nitrogens is 2. The summed E-state index contributed by atoms with van der Waals surface area (Å²) in [5.74, 6) is 1.08. The summed E-state index contributed by atoms with van der Waals surface area (Å²) in [5, 5.41) is 8.01. The van der Waals surface area contributed by atoms with E-state index in [1.165, 1.54) is 12.1 Å². The fraction of sp³-hybridized carbons (Fsp3) is 0.176. The zero-order valence-corrected chi connectivity index (χ0v) is 13.9. The SMILES string of the molecule is COc1ccc(-c2nnc(SCc3ccccc3C(F)(F)F)o2)cc1. The highest BCUT2D eigenvalue weighted by Crippen LogP contribution is 2.35. The van der Waals surface area contributed by atoms with Crippen molar-refractivity contribution in [1.29, 1.82) is 0 Å². The minimum atomic E-state index is -4.39. The molecule has 25 heavy (non-hydrogen) atoms. The van der Waals surface area contributed by atoms with Gasteiger partial charge in [-0.05, 0) is 35.9 Å². The van der Waals surface area contributed by atoms with Gasteiger partial charge in [0.1, 0.15) is 5.75 Å². The van der Waals surface area contributed by atoms with Gasteiger partial charge in [0.25, 0.3) is 5.22 Å². The Hall–Kier alpha value is -2.48. The Morgan fingerprint density at radius 1 is 1.04 bits per heavy atom. The largest absolute Gasteiger partial charge is 0.497 e. The first-order chi connectivity index (χ1) is 12.0. The van der Waals surface area contributed by atoms with Gasteiger partial charge < -0.3 is 9.15 Å². The van der Waals surface area contributed by atoms with E-state index in [2.05, 4.69) is 10.2 Å². The molecule has 130 valence electrons. The molecule has 0 aliphatic rings. The van der Waals surface area contributed by atoms with Crippen molar-refractivity contribution in [2.45, 2.75) is 17.2 Å². The summed E-state index contributed by atoms with van der Waals surface area (Å²) in [4.78, 5) is 0. The fourth-order valence-electron chi connectivity index (χ4n) is 2.18. The lowest BCUT2D eigenvalue weighted by atomic mass is 10.1. The van der Waals surface area contributed by atoms with Gasteiger partial charge >= 0.3 is 6.18 Å². The third-order valence-corrected chi connectivity index (χ3v) is 4.28. The van der Waals surface area contributed by atoms with E-state index >= 15 is 0 Å². The van der Waals surface area contributed by atoms with Gasteiger partial charge in [-0.25, -0.2) is 0 Å². The fourth-order valence-corrected chi connectivity index (χ4v) is 2.95.